The Morgan fingerprint density at radius 2 is 1.89 bits per heavy atom. The van der Waals surface area contributed by atoms with Crippen LogP contribution in [0.1, 0.15) is 31.4 Å². The average molecular weight is 423 g/mol. The van der Waals surface area contributed by atoms with E-state index in [2.05, 4.69) is 30.4 Å². The third-order valence-electron chi connectivity index (χ3n) is 5.12. The van der Waals surface area contributed by atoms with Crippen molar-refractivity contribution in [3.63, 3.8) is 0 Å². The summed E-state index contributed by atoms with van der Waals surface area (Å²) in [6, 6.07) is 11.2. The van der Waals surface area contributed by atoms with Gasteiger partial charge in [0.25, 0.3) is 0 Å². The van der Waals surface area contributed by atoms with E-state index < -0.39 is 29.3 Å². The summed E-state index contributed by atoms with van der Waals surface area (Å²) in [5.41, 5.74) is 1.61. The summed E-state index contributed by atoms with van der Waals surface area (Å²) in [6.07, 6.45) is 1.13. The maximum Gasteiger partial charge on any atom is 0.102 e. The van der Waals surface area contributed by atoms with Crippen molar-refractivity contribution in [3.05, 3.63) is 35.4 Å². The van der Waals surface area contributed by atoms with E-state index in [0.29, 0.717) is 26.2 Å². The Kier molecular flexibility index (Phi) is 8.00. The first-order chi connectivity index (χ1) is 13.1. The van der Waals surface area contributed by atoms with Gasteiger partial charge in [0.1, 0.15) is 5.54 Å². The van der Waals surface area contributed by atoms with Crippen LogP contribution in [0.4, 0.5) is 0 Å². The van der Waals surface area contributed by atoms with E-state index in [1.54, 1.807) is 0 Å². The lowest BCUT2D eigenvalue weighted by Crippen LogP contribution is -2.60. The first-order valence-corrected chi connectivity index (χ1v) is 14.8. The van der Waals surface area contributed by atoms with Crippen LogP contribution in [0.5, 0.6) is 0 Å². The molecule has 7 heteroatoms. The molecule has 0 amide bonds. The van der Waals surface area contributed by atoms with Crippen LogP contribution in [-0.4, -0.2) is 43.5 Å². The highest BCUT2D eigenvalue weighted by atomic mass is 32.2. The van der Waals surface area contributed by atoms with Gasteiger partial charge in [-0.15, -0.1) is 0 Å². The summed E-state index contributed by atoms with van der Waals surface area (Å²) in [5.74, 6) is 0. The predicted molar refractivity (Wildman–Crippen MR) is 117 cm³/mol. The van der Waals surface area contributed by atoms with E-state index in [1.165, 1.54) is 0 Å². The maximum absolute atomic E-state index is 13.1. The molecule has 1 fully saturated rings. The summed E-state index contributed by atoms with van der Waals surface area (Å²) >= 11 is 0. The molecule has 1 aliphatic rings. The molecule has 1 aromatic rings. The molecule has 1 heterocycles. The summed E-state index contributed by atoms with van der Waals surface area (Å²) in [5, 5.41) is 8.83. The van der Waals surface area contributed by atoms with Crippen molar-refractivity contribution in [1.82, 2.24) is 4.72 Å². The molecule has 1 unspecified atom stereocenters. The Morgan fingerprint density at radius 1 is 1.25 bits per heavy atom. The van der Waals surface area contributed by atoms with Crippen LogP contribution in [0.15, 0.2) is 24.3 Å². The number of ether oxygens (including phenoxy) is 2. The smallest absolute Gasteiger partial charge is 0.102 e. The lowest BCUT2D eigenvalue weighted by atomic mass is 9.88. The Balaban J connectivity index is 1.92. The number of benzene rings is 1. The molecule has 0 aliphatic carbocycles. The number of hydrogen-bond donors (Lipinski definition) is 1. The lowest BCUT2D eigenvalue weighted by Gasteiger charge is -2.43. The minimum Gasteiger partial charge on any atom is -0.382 e. The van der Waals surface area contributed by atoms with Crippen LogP contribution < -0.4 is 4.72 Å². The Morgan fingerprint density at radius 3 is 2.39 bits per heavy atom. The zero-order valence-electron chi connectivity index (χ0n) is 17.8. The first-order valence-electron chi connectivity index (χ1n) is 9.90. The third-order valence-corrected chi connectivity index (χ3v) is 8.61. The molecule has 0 radical (unpaired) electrons. The molecule has 1 atom stereocenters. The van der Waals surface area contributed by atoms with Gasteiger partial charge in [-0.05, 0) is 37.4 Å². The van der Waals surface area contributed by atoms with Gasteiger partial charge in [-0.3, -0.25) is 0 Å². The SMILES string of the molecule is CC(C)(CCOCC[Si](C)(C)C)S(=O)NC1(c2ccc(CC#N)cc2)COC1. The molecule has 5 nitrogen and oxygen atoms in total. The normalized spacial score (nSPS) is 17.6. The third kappa shape index (κ3) is 6.50. The van der Waals surface area contributed by atoms with Gasteiger partial charge in [0.2, 0.25) is 0 Å². The fourth-order valence-electron chi connectivity index (χ4n) is 2.83. The molecule has 1 N–H and O–H groups in total. The van der Waals surface area contributed by atoms with Gasteiger partial charge in [-0.1, -0.05) is 43.9 Å². The molecule has 156 valence electrons. The maximum atomic E-state index is 13.1. The number of nitriles is 1. The van der Waals surface area contributed by atoms with Crippen molar-refractivity contribution in [2.24, 2.45) is 0 Å². The van der Waals surface area contributed by atoms with E-state index in [4.69, 9.17) is 14.7 Å². The van der Waals surface area contributed by atoms with Crippen LogP contribution >= 0.6 is 0 Å². The molecule has 0 bridgehead atoms. The molecule has 28 heavy (non-hydrogen) atoms. The van der Waals surface area contributed by atoms with E-state index >= 15 is 0 Å². The van der Waals surface area contributed by atoms with Crippen LogP contribution in [0.3, 0.4) is 0 Å². The molecule has 0 spiro atoms. The van der Waals surface area contributed by atoms with Crippen LogP contribution in [-0.2, 0) is 32.4 Å². The van der Waals surface area contributed by atoms with Gasteiger partial charge < -0.3 is 9.47 Å². The largest absolute Gasteiger partial charge is 0.382 e. The molecule has 0 aromatic heterocycles. The van der Waals surface area contributed by atoms with Gasteiger partial charge in [-0.25, -0.2) is 8.93 Å². The second-order valence-corrected chi connectivity index (χ2v) is 16.9. The fraction of sp³-hybridized carbons (Fsp3) is 0.667. The minimum atomic E-state index is -1.23. The van der Waals surface area contributed by atoms with Gasteiger partial charge in [-0.2, -0.15) is 5.26 Å². The van der Waals surface area contributed by atoms with Crippen LogP contribution in [0.2, 0.25) is 25.7 Å². The molecule has 0 saturated carbocycles. The summed E-state index contributed by atoms with van der Waals surface area (Å²) < 4.78 is 27.3. The predicted octanol–water partition coefficient (Wildman–Crippen LogP) is 3.75. The monoisotopic (exact) mass is 422 g/mol. The zero-order valence-corrected chi connectivity index (χ0v) is 19.7. The van der Waals surface area contributed by atoms with Crippen molar-refractivity contribution in [2.75, 3.05) is 26.4 Å². The molecule has 2 rings (SSSR count). The fourth-order valence-corrected chi connectivity index (χ4v) is 4.72. The molecular formula is C21H34N2O3SSi. The Labute approximate surface area is 173 Å². The Hall–Kier alpha value is -1.04. The number of nitrogens with one attached hydrogen (secondary N) is 1. The highest BCUT2D eigenvalue weighted by Crippen LogP contribution is 2.32. The highest BCUT2D eigenvalue weighted by Gasteiger charge is 2.44. The van der Waals surface area contributed by atoms with Crippen LogP contribution in [0.25, 0.3) is 0 Å². The minimum absolute atomic E-state index is 0.397. The Bertz CT molecular complexity index is 704. The second-order valence-electron chi connectivity index (χ2n) is 9.41. The summed E-state index contributed by atoms with van der Waals surface area (Å²) in [6.45, 7) is 13.5. The molecule has 1 aliphatic heterocycles. The summed E-state index contributed by atoms with van der Waals surface area (Å²) in [7, 11) is -2.31. The van der Waals surface area contributed by atoms with E-state index in [1.807, 2.05) is 38.1 Å². The lowest BCUT2D eigenvalue weighted by molar-refractivity contribution is -0.0660. The molecule has 1 aromatic carbocycles. The van der Waals surface area contributed by atoms with Crippen molar-refractivity contribution in [3.8, 4) is 6.07 Å². The molecule has 1 saturated heterocycles. The summed E-state index contributed by atoms with van der Waals surface area (Å²) in [4.78, 5) is 0. The zero-order chi connectivity index (χ0) is 20.8. The standard InChI is InChI=1S/C21H34N2O3SSi/c1-20(2,11-13-25-14-15-28(3,4)5)27(24)23-21(16-26-17-21)19-8-6-18(7-9-19)10-12-22/h6-9,23H,10-11,13-17H2,1-5H3. The van der Waals surface area contributed by atoms with Gasteiger partial charge >= 0.3 is 0 Å². The quantitative estimate of drug-likeness (QED) is 0.435. The van der Waals surface area contributed by atoms with E-state index in [0.717, 1.165) is 30.2 Å². The second kappa shape index (κ2) is 9.64. The van der Waals surface area contributed by atoms with Crippen molar-refractivity contribution >= 4 is 19.1 Å². The number of nitrogens with zero attached hydrogens (tertiary/aromatic N) is 1. The van der Waals surface area contributed by atoms with Gasteiger partial charge in [0, 0.05) is 21.3 Å². The average Bonchev–Trinajstić information content (AvgIpc) is 2.57. The van der Waals surface area contributed by atoms with E-state index in [9.17, 15) is 4.21 Å². The van der Waals surface area contributed by atoms with Crippen molar-refractivity contribution in [2.45, 2.75) is 62.7 Å². The topological polar surface area (TPSA) is 71.3 Å². The van der Waals surface area contributed by atoms with Crippen molar-refractivity contribution in [1.29, 1.82) is 5.26 Å². The van der Waals surface area contributed by atoms with Crippen molar-refractivity contribution < 1.29 is 13.7 Å². The van der Waals surface area contributed by atoms with Gasteiger partial charge in [0.05, 0.1) is 41.4 Å². The number of rotatable bonds is 11. The van der Waals surface area contributed by atoms with E-state index in [-0.39, 0.29) is 0 Å². The van der Waals surface area contributed by atoms with Gasteiger partial charge in [0.15, 0.2) is 0 Å². The first kappa shape index (κ1) is 23.2. The molecular weight excluding hydrogens is 388 g/mol. The number of hydrogen-bond acceptors (Lipinski definition) is 4. The highest BCUT2D eigenvalue weighted by molar-refractivity contribution is 7.84. The van der Waals surface area contributed by atoms with Crippen LogP contribution in [0, 0.1) is 11.3 Å².